The molecule has 0 fully saturated rings. The molecule has 0 radical (unpaired) electrons. The minimum absolute atomic E-state index is 0.0303. The predicted molar refractivity (Wildman–Crippen MR) is 119 cm³/mol. The Morgan fingerprint density at radius 1 is 0.966 bits per heavy atom. The predicted octanol–water partition coefficient (Wildman–Crippen LogP) is 6.61. The third-order valence-electron chi connectivity index (χ3n) is 4.35. The van der Waals surface area contributed by atoms with Crippen molar-refractivity contribution in [2.75, 3.05) is 11.9 Å². The van der Waals surface area contributed by atoms with Gasteiger partial charge < -0.3 is 10.1 Å². The molecule has 1 N–H and O–H groups in total. The van der Waals surface area contributed by atoms with Crippen molar-refractivity contribution in [2.24, 2.45) is 5.41 Å². The van der Waals surface area contributed by atoms with Gasteiger partial charge in [0.05, 0.1) is 28.8 Å². The average Bonchev–Trinajstić information content (AvgIpc) is 2.63. The number of esters is 1. The van der Waals surface area contributed by atoms with Gasteiger partial charge in [0, 0.05) is 18.5 Å². The lowest BCUT2D eigenvalue weighted by Crippen LogP contribution is -2.14. The quantitative estimate of drug-likeness (QED) is 0.450. The van der Waals surface area contributed by atoms with Gasteiger partial charge in [-0.05, 0) is 35.6 Å². The maximum Gasteiger partial charge on any atom is 0.306 e. The number of carbonyl (C=O) groups excluding carboxylic acids is 2. The first-order chi connectivity index (χ1) is 13.7. The second kappa shape index (κ2) is 10.7. The zero-order chi connectivity index (χ0) is 21.4. The van der Waals surface area contributed by atoms with E-state index in [9.17, 15) is 9.59 Å². The summed E-state index contributed by atoms with van der Waals surface area (Å²) in [6.07, 6.45) is 1.24. The molecule has 0 spiro atoms. The van der Waals surface area contributed by atoms with Crippen LogP contribution in [-0.4, -0.2) is 18.4 Å². The Morgan fingerprint density at radius 3 is 2.28 bits per heavy atom. The Labute approximate surface area is 182 Å². The summed E-state index contributed by atoms with van der Waals surface area (Å²) in [5.74, 6) is -0.367. The van der Waals surface area contributed by atoms with E-state index < -0.39 is 0 Å². The summed E-state index contributed by atoms with van der Waals surface area (Å²) in [5.41, 5.74) is 2.27. The fraction of sp³-hybridized carbons (Fsp3) is 0.391. The molecule has 156 valence electrons. The lowest BCUT2D eigenvalue weighted by Gasteiger charge is -2.17. The van der Waals surface area contributed by atoms with E-state index >= 15 is 0 Å². The number of para-hydroxylation sites is 2. The largest absolute Gasteiger partial charge is 0.466 e. The van der Waals surface area contributed by atoms with Crippen molar-refractivity contribution < 1.29 is 14.3 Å². The van der Waals surface area contributed by atoms with Crippen LogP contribution in [-0.2, 0) is 20.7 Å². The summed E-state index contributed by atoms with van der Waals surface area (Å²) >= 11 is 12.5. The van der Waals surface area contributed by atoms with Crippen LogP contribution < -0.4 is 5.32 Å². The molecule has 2 aromatic carbocycles. The van der Waals surface area contributed by atoms with Gasteiger partial charge in [-0.2, -0.15) is 0 Å². The lowest BCUT2D eigenvalue weighted by atomic mass is 9.93. The normalized spacial score (nSPS) is 11.2. The molecular formula is C23H27Cl2NO3. The van der Waals surface area contributed by atoms with E-state index in [2.05, 4.69) is 26.1 Å². The SMILES string of the molecule is CC(C)(C)CCOC(=O)CCC(=O)Cc1ccccc1Nc1c(Cl)cccc1Cl. The number of Topliss-reactive ketones (excluding diaryl/α,β-unsaturated/α-hetero) is 1. The highest BCUT2D eigenvalue weighted by Gasteiger charge is 2.14. The fourth-order valence-corrected chi connectivity index (χ4v) is 3.13. The van der Waals surface area contributed by atoms with Crippen LogP contribution in [0, 0.1) is 5.41 Å². The van der Waals surface area contributed by atoms with Crippen LogP contribution in [0.1, 0.15) is 45.6 Å². The molecular weight excluding hydrogens is 409 g/mol. The van der Waals surface area contributed by atoms with Gasteiger partial charge in [-0.3, -0.25) is 9.59 Å². The number of halogens is 2. The molecule has 29 heavy (non-hydrogen) atoms. The first kappa shape index (κ1) is 23.2. The van der Waals surface area contributed by atoms with Crippen LogP contribution in [0.4, 0.5) is 11.4 Å². The fourth-order valence-electron chi connectivity index (χ4n) is 2.63. The number of hydrogen-bond donors (Lipinski definition) is 1. The minimum Gasteiger partial charge on any atom is -0.466 e. The first-order valence-corrected chi connectivity index (χ1v) is 10.4. The summed E-state index contributed by atoms with van der Waals surface area (Å²) in [5, 5.41) is 4.21. The number of anilines is 2. The molecule has 4 nitrogen and oxygen atoms in total. The first-order valence-electron chi connectivity index (χ1n) is 9.62. The van der Waals surface area contributed by atoms with Gasteiger partial charge in [0.1, 0.15) is 5.78 Å². The number of hydrogen-bond acceptors (Lipinski definition) is 4. The van der Waals surface area contributed by atoms with Crippen molar-refractivity contribution in [2.45, 2.75) is 46.5 Å². The van der Waals surface area contributed by atoms with Crippen molar-refractivity contribution in [3.63, 3.8) is 0 Å². The molecule has 0 heterocycles. The van der Waals surface area contributed by atoms with Crippen molar-refractivity contribution >= 4 is 46.3 Å². The van der Waals surface area contributed by atoms with E-state index in [1.54, 1.807) is 18.2 Å². The number of benzene rings is 2. The van der Waals surface area contributed by atoms with Crippen LogP contribution >= 0.6 is 23.2 Å². The van der Waals surface area contributed by atoms with E-state index in [0.717, 1.165) is 17.7 Å². The van der Waals surface area contributed by atoms with E-state index in [1.807, 2.05) is 24.3 Å². The maximum absolute atomic E-state index is 12.4. The van der Waals surface area contributed by atoms with E-state index in [4.69, 9.17) is 27.9 Å². The van der Waals surface area contributed by atoms with Crippen LogP contribution in [0.3, 0.4) is 0 Å². The van der Waals surface area contributed by atoms with Crippen molar-refractivity contribution in [1.29, 1.82) is 0 Å². The van der Waals surface area contributed by atoms with Gasteiger partial charge in [-0.15, -0.1) is 0 Å². The monoisotopic (exact) mass is 435 g/mol. The molecule has 0 aliphatic heterocycles. The van der Waals surface area contributed by atoms with Gasteiger partial charge in [0.2, 0.25) is 0 Å². The molecule has 0 aliphatic rings. The second-order valence-electron chi connectivity index (χ2n) is 8.13. The van der Waals surface area contributed by atoms with Gasteiger partial charge in [-0.25, -0.2) is 0 Å². The molecule has 0 saturated heterocycles. The summed E-state index contributed by atoms with van der Waals surface area (Å²) < 4.78 is 5.21. The Balaban J connectivity index is 1.92. The molecule has 0 saturated carbocycles. The molecule has 0 atom stereocenters. The summed E-state index contributed by atoms with van der Waals surface area (Å²) in [6.45, 7) is 6.64. The molecule has 0 bridgehead atoms. The summed E-state index contributed by atoms with van der Waals surface area (Å²) in [6, 6.07) is 12.7. The lowest BCUT2D eigenvalue weighted by molar-refractivity contribution is -0.145. The summed E-state index contributed by atoms with van der Waals surface area (Å²) in [7, 11) is 0. The molecule has 0 aromatic heterocycles. The average molecular weight is 436 g/mol. The van der Waals surface area contributed by atoms with Crippen LogP contribution in [0.25, 0.3) is 0 Å². The minimum atomic E-state index is -0.336. The third-order valence-corrected chi connectivity index (χ3v) is 4.98. The zero-order valence-electron chi connectivity index (χ0n) is 17.1. The van der Waals surface area contributed by atoms with Gasteiger partial charge in [0.15, 0.2) is 0 Å². The second-order valence-corrected chi connectivity index (χ2v) is 8.94. The molecule has 0 aliphatic carbocycles. The van der Waals surface area contributed by atoms with Gasteiger partial charge in [0.25, 0.3) is 0 Å². The van der Waals surface area contributed by atoms with Crippen molar-refractivity contribution in [3.8, 4) is 0 Å². The highest BCUT2D eigenvalue weighted by atomic mass is 35.5. The molecule has 2 rings (SSSR count). The van der Waals surface area contributed by atoms with Gasteiger partial charge >= 0.3 is 5.97 Å². The number of carbonyl (C=O) groups is 2. The number of ether oxygens (including phenoxy) is 1. The highest BCUT2D eigenvalue weighted by molar-refractivity contribution is 6.39. The zero-order valence-corrected chi connectivity index (χ0v) is 18.6. The molecule has 0 amide bonds. The highest BCUT2D eigenvalue weighted by Crippen LogP contribution is 2.33. The molecule has 2 aromatic rings. The van der Waals surface area contributed by atoms with Crippen molar-refractivity contribution in [3.05, 3.63) is 58.1 Å². The molecule has 0 unspecified atom stereocenters. The van der Waals surface area contributed by atoms with Gasteiger partial charge in [-0.1, -0.05) is 68.2 Å². The van der Waals surface area contributed by atoms with E-state index in [0.29, 0.717) is 22.3 Å². The Hall–Kier alpha value is -2.04. The smallest absolute Gasteiger partial charge is 0.306 e. The van der Waals surface area contributed by atoms with Crippen LogP contribution in [0.2, 0.25) is 10.0 Å². The van der Waals surface area contributed by atoms with E-state index in [1.165, 1.54) is 0 Å². The van der Waals surface area contributed by atoms with E-state index in [-0.39, 0.29) is 36.4 Å². The third kappa shape index (κ3) is 8.08. The Bertz CT molecular complexity index is 839. The molecule has 6 heteroatoms. The Morgan fingerprint density at radius 2 is 1.62 bits per heavy atom. The van der Waals surface area contributed by atoms with Crippen molar-refractivity contribution in [1.82, 2.24) is 0 Å². The van der Waals surface area contributed by atoms with Crippen LogP contribution in [0.5, 0.6) is 0 Å². The van der Waals surface area contributed by atoms with Crippen LogP contribution in [0.15, 0.2) is 42.5 Å². The maximum atomic E-state index is 12.4. The summed E-state index contributed by atoms with van der Waals surface area (Å²) in [4.78, 5) is 24.3. The topological polar surface area (TPSA) is 55.4 Å². The number of nitrogens with one attached hydrogen (secondary N) is 1. The Kier molecular flexibility index (Phi) is 8.54. The standard InChI is InChI=1S/C23H27Cl2NO3/c1-23(2,3)13-14-29-21(28)12-11-17(27)15-16-7-4-5-10-20(16)26-22-18(24)8-6-9-19(22)25/h4-10,26H,11-15H2,1-3H3. The number of ketones is 1. The number of rotatable bonds is 9.